The molecule has 0 saturated carbocycles. The maximum absolute atomic E-state index is 11.2. The van der Waals surface area contributed by atoms with Crippen LogP contribution in [-0.4, -0.2) is 30.9 Å². The standard InChI is InChI=1S/C12H10N4O2S/c1-2-9-13-14-12-16(9)15-10(19-12)7-5-3-4-6-8(7)11(17)18/h3-6H,2H2,1H3,(H,17,18). The number of aromatic nitrogens is 4. The van der Waals surface area contributed by atoms with Gasteiger partial charge in [-0.3, -0.25) is 0 Å². The Bertz CT molecular complexity index is 762. The van der Waals surface area contributed by atoms with Crippen LogP contribution in [0, 0.1) is 0 Å². The molecule has 3 rings (SSSR count). The SMILES string of the molecule is CCc1nnc2sc(-c3ccccc3C(=O)O)nn12. The molecule has 3 aromatic rings. The molecule has 96 valence electrons. The van der Waals surface area contributed by atoms with Gasteiger partial charge >= 0.3 is 5.97 Å². The smallest absolute Gasteiger partial charge is 0.336 e. The number of carbonyl (C=O) groups is 1. The lowest BCUT2D eigenvalue weighted by Crippen LogP contribution is -1.99. The molecule has 6 nitrogen and oxygen atoms in total. The molecule has 0 radical (unpaired) electrons. The lowest BCUT2D eigenvalue weighted by Gasteiger charge is -2.00. The van der Waals surface area contributed by atoms with E-state index in [0.29, 0.717) is 15.5 Å². The second kappa shape index (κ2) is 4.43. The number of aryl methyl sites for hydroxylation is 1. The van der Waals surface area contributed by atoms with Crippen LogP contribution in [0.4, 0.5) is 0 Å². The van der Waals surface area contributed by atoms with Gasteiger partial charge in [0.15, 0.2) is 5.82 Å². The Balaban J connectivity index is 2.19. The molecule has 19 heavy (non-hydrogen) atoms. The van der Waals surface area contributed by atoms with Crippen molar-refractivity contribution >= 4 is 22.3 Å². The van der Waals surface area contributed by atoms with E-state index in [2.05, 4.69) is 15.3 Å². The van der Waals surface area contributed by atoms with Crippen LogP contribution in [0.2, 0.25) is 0 Å². The monoisotopic (exact) mass is 274 g/mol. The van der Waals surface area contributed by atoms with E-state index >= 15 is 0 Å². The van der Waals surface area contributed by atoms with Crippen LogP contribution in [0.15, 0.2) is 24.3 Å². The van der Waals surface area contributed by atoms with Gasteiger partial charge in [0, 0.05) is 12.0 Å². The zero-order valence-corrected chi connectivity index (χ0v) is 10.9. The summed E-state index contributed by atoms with van der Waals surface area (Å²) in [4.78, 5) is 11.9. The minimum absolute atomic E-state index is 0.241. The Labute approximate surface area is 112 Å². The maximum atomic E-state index is 11.2. The van der Waals surface area contributed by atoms with Crippen molar-refractivity contribution in [1.29, 1.82) is 0 Å². The number of carboxylic acids is 1. The Morgan fingerprint density at radius 3 is 2.89 bits per heavy atom. The number of hydrogen-bond acceptors (Lipinski definition) is 5. The van der Waals surface area contributed by atoms with Gasteiger partial charge in [0.05, 0.1) is 5.56 Å². The predicted octanol–water partition coefficient (Wildman–Crippen LogP) is 2.11. The van der Waals surface area contributed by atoms with E-state index in [0.717, 1.165) is 12.2 Å². The summed E-state index contributed by atoms with van der Waals surface area (Å²) >= 11 is 1.33. The fourth-order valence-electron chi connectivity index (χ4n) is 1.84. The molecular weight excluding hydrogens is 264 g/mol. The highest BCUT2D eigenvalue weighted by Crippen LogP contribution is 2.28. The molecule has 7 heteroatoms. The van der Waals surface area contributed by atoms with Gasteiger partial charge in [0.25, 0.3) is 0 Å². The van der Waals surface area contributed by atoms with Crippen molar-refractivity contribution in [3.05, 3.63) is 35.7 Å². The number of nitrogens with zero attached hydrogens (tertiary/aromatic N) is 4. The van der Waals surface area contributed by atoms with Crippen molar-refractivity contribution < 1.29 is 9.90 Å². The molecule has 0 aliphatic rings. The lowest BCUT2D eigenvalue weighted by atomic mass is 10.1. The van der Waals surface area contributed by atoms with E-state index in [-0.39, 0.29) is 5.56 Å². The quantitative estimate of drug-likeness (QED) is 0.791. The van der Waals surface area contributed by atoms with E-state index in [1.807, 2.05) is 6.92 Å². The van der Waals surface area contributed by atoms with E-state index in [1.165, 1.54) is 11.3 Å². The molecule has 0 bridgehead atoms. The largest absolute Gasteiger partial charge is 0.478 e. The molecule has 0 aliphatic heterocycles. The third-order valence-electron chi connectivity index (χ3n) is 2.76. The average Bonchev–Trinajstić information content (AvgIpc) is 2.98. The van der Waals surface area contributed by atoms with Crippen LogP contribution in [0.25, 0.3) is 15.5 Å². The Hall–Kier alpha value is -2.28. The molecule has 2 aromatic heterocycles. The number of benzene rings is 1. The summed E-state index contributed by atoms with van der Waals surface area (Å²) in [5.41, 5.74) is 0.845. The average molecular weight is 274 g/mol. The van der Waals surface area contributed by atoms with Crippen molar-refractivity contribution in [1.82, 2.24) is 19.8 Å². The first kappa shape index (κ1) is 11.8. The first-order valence-electron chi connectivity index (χ1n) is 5.74. The Kier molecular flexibility index (Phi) is 2.75. The molecule has 0 spiro atoms. The van der Waals surface area contributed by atoms with E-state index in [1.54, 1.807) is 28.8 Å². The number of fused-ring (bicyclic) bond motifs is 1. The lowest BCUT2D eigenvalue weighted by molar-refractivity contribution is 0.0697. The van der Waals surface area contributed by atoms with E-state index in [4.69, 9.17) is 0 Å². The summed E-state index contributed by atoms with van der Waals surface area (Å²) in [6, 6.07) is 6.82. The van der Waals surface area contributed by atoms with Gasteiger partial charge in [-0.1, -0.05) is 36.5 Å². The van der Waals surface area contributed by atoms with Crippen molar-refractivity contribution in [3.63, 3.8) is 0 Å². The molecular formula is C12H10N4O2S. The summed E-state index contributed by atoms with van der Waals surface area (Å²) in [6.07, 6.45) is 0.727. The van der Waals surface area contributed by atoms with Crippen molar-refractivity contribution in [2.24, 2.45) is 0 Å². The summed E-state index contributed by atoms with van der Waals surface area (Å²) in [5, 5.41) is 22.3. The van der Waals surface area contributed by atoms with Crippen LogP contribution in [0.5, 0.6) is 0 Å². The number of rotatable bonds is 3. The van der Waals surface area contributed by atoms with Gasteiger partial charge in [0.2, 0.25) is 4.96 Å². The summed E-state index contributed by atoms with van der Waals surface area (Å²) < 4.78 is 1.67. The van der Waals surface area contributed by atoms with Crippen molar-refractivity contribution in [2.75, 3.05) is 0 Å². The van der Waals surface area contributed by atoms with Gasteiger partial charge in [0.1, 0.15) is 5.01 Å². The molecule has 2 heterocycles. The second-order valence-corrected chi connectivity index (χ2v) is 4.88. The van der Waals surface area contributed by atoms with Gasteiger partial charge < -0.3 is 5.11 Å². The normalized spacial score (nSPS) is 11.0. The first-order chi connectivity index (χ1) is 9.20. The van der Waals surface area contributed by atoms with Crippen LogP contribution in [0.3, 0.4) is 0 Å². The third-order valence-corrected chi connectivity index (χ3v) is 3.69. The second-order valence-electron chi connectivity index (χ2n) is 3.92. The maximum Gasteiger partial charge on any atom is 0.336 e. The minimum Gasteiger partial charge on any atom is -0.478 e. The van der Waals surface area contributed by atoms with Gasteiger partial charge in [-0.15, -0.1) is 10.2 Å². The zero-order chi connectivity index (χ0) is 13.4. The Morgan fingerprint density at radius 2 is 2.16 bits per heavy atom. The van der Waals surface area contributed by atoms with Crippen LogP contribution < -0.4 is 0 Å². The summed E-state index contributed by atoms with van der Waals surface area (Å²) in [7, 11) is 0. The van der Waals surface area contributed by atoms with Crippen molar-refractivity contribution in [2.45, 2.75) is 13.3 Å². The van der Waals surface area contributed by atoms with Gasteiger partial charge in [-0.25, -0.2) is 4.79 Å². The molecule has 0 fully saturated rings. The third kappa shape index (κ3) is 1.88. The summed E-state index contributed by atoms with van der Waals surface area (Å²) in [5.74, 6) is -0.192. The van der Waals surface area contributed by atoms with Gasteiger partial charge in [-0.05, 0) is 6.07 Å². The number of carboxylic acid groups (broad SMARTS) is 1. The highest BCUT2D eigenvalue weighted by Gasteiger charge is 2.16. The van der Waals surface area contributed by atoms with Gasteiger partial charge in [-0.2, -0.15) is 9.61 Å². The van der Waals surface area contributed by atoms with E-state index < -0.39 is 5.97 Å². The number of hydrogen-bond donors (Lipinski definition) is 1. The molecule has 1 aromatic carbocycles. The fourth-order valence-corrected chi connectivity index (χ4v) is 2.74. The predicted molar refractivity (Wildman–Crippen MR) is 70.4 cm³/mol. The topological polar surface area (TPSA) is 80.4 Å². The molecule has 0 unspecified atom stereocenters. The first-order valence-corrected chi connectivity index (χ1v) is 6.56. The highest BCUT2D eigenvalue weighted by molar-refractivity contribution is 7.19. The number of aromatic carboxylic acids is 1. The highest BCUT2D eigenvalue weighted by atomic mass is 32.1. The van der Waals surface area contributed by atoms with E-state index in [9.17, 15) is 9.90 Å². The zero-order valence-electron chi connectivity index (χ0n) is 10.1. The minimum atomic E-state index is -0.961. The van der Waals surface area contributed by atoms with Crippen molar-refractivity contribution in [3.8, 4) is 10.6 Å². The Morgan fingerprint density at radius 1 is 1.37 bits per heavy atom. The molecule has 0 aliphatic carbocycles. The molecule has 0 saturated heterocycles. The summed E-state index contributed by atoms with van der Waals surface area (Å²) in [6.45, 7) is 1.97. The van der Waals surface area contributed by atoms with Crippen LogP contribution in [0.1, 0.15) is 23.1 Å². The molecule has 0 amide bonds. The van der Waals surface area contributed by atoms with Crippen LogP contribution in [-0.2, 0) is 6.42 Å². The molecule has 0 atom stereocenters. The fraction of sp³-hybridized carbons (Fsp3) is 0.167. The molecule has 1 N–H and O–H groups in total. The van der Waals surface area contributed by atoms with Crippen LogP contribution >= 0.6 is 11.3 Å².